The van der Waals surface area contributed by atoms with E-state index >= 15 is 0 Å². The highest BCUT2D eigenvalue weighted by Gasteiger charge is 2.41. The minimum Gasteiger partial charge on any atom is -0.386 e. The molecule has 11 heavy (non-hydrogen) atoms. The van der Waals surface area contributed by atoms with Gasteiger partial charge >= 0.3 is 0 Å². The SMILES string of the molecule is NCC1(O)CCC(F)CC1F. The van der Waals surface area contributed by atoms with Gasteiger partial charge in [0.1, 0.15) is 17.9 Å². The molecule has 1 rings (SSSR count). The summed E-state index contributed by atoms with van der Waals surface area (Å²) < 4.78 is 25.4. The average molecular weight is 165 g/mol. The Labute approximate surface area is 64.4 Å². The van der Waals surface area contributed by atoms with Gasteiger partial charge in [-0.2, -0.15) is 0 Å². The Morgan fingerprint density at radius 3 is 2.64 bits per heavy atom. The first-order valence-corrected chi connectivity index (χ1v) is 3.79. The summed E-state index contributed by atoms with van der Waals surface area (Å²) in [5.74, 6) is 0. The van der Waals surface area contributed by atoms with Crippen LogP contribution >= 0.6 is 0 Å². The molecule has 3 N–H and O–H groups in total. The predicted molar refractivity (Wildman–Crippen MR) is 37.6 cm³/mol. The van der Waals surface area contributed by atoms with Gasteiger partial charge in [-0.15, -0.1) is 0 Å². The third kappa shape index (κ3) is 1.68. The molecular weight excluding hydrogens is 152 g/mol. The fourth-order valence-electron chi connectivity index (χ4n) is 1.35. The van der Waals surface area contributed by atoms with Crippen molar-refractivity contribution in [3.63, 3.8) is 0 Å². The molecule has 0 aromatic rings. The summed E-state index contributed by atoms with van der Waals surface area (Å²) >= 11 is 0. The molecule has 0 amide bonds. The largest absolute Gasteiger partial charge is 0.386 e. The van der Waals surface area contributed by atoms with Crippen molar-refractivity contribution in [3.05, 3.63) is 0 Å². The van der Waals surface area contributed by atoms with Gasteiger partial charge in [-0.1, -0.05) is 0 Å². The van der Waals surface area contributed by atoms with Crippen molar-refractivity contribution in [2.24, 2.45) is 5.73 Å². The van der Waals surface area contributed by atoms with Gasteiger partial charge < -0.3 is 10.8 Å². The molecule has 0 aromatic carbocycles. The fourth-order valence-corrected chi connectivity index (χ4v) is 1.35. The normalized spacial score (nSPS) is 45.8. The number of aliphatic hydroxyl groups is 1. The molecule has 0 spiro atoms. The van der Waals surface area contributed by atoms with Crippen LogP contribution in [0.15, 0.2) is 0 Å². The van der Waals surface area contributed by atoms with E-state index in [1.165, 1.54) is 0 Å². The maximum atomic E-state index is 12.9. The highest BCUT2D eigenvalue weighted by Crippen LogP contribution is 2.31. The number of rotatable bonds is 1. The quantitative estimate of drug-likeness (QED) is 0.595. The van der Waals surface area contributed by atoms with Gasteiger partial charge in [0, 0.05) is 13.0 Å². The molecule has 2 nitrogen and oxygen atoms in total. The van der Waals surface area contributed by atoms with Crippen molar-refractivity contribution in [1.82, 2.24) is 0 Å². The summed E-state index contributed by atoms with van der Waals surface area (Å²) in [7, 11) is 0. The van der Waals surface area contributed by atoms with E-state index < -0.39 is 17.9 Å². The van der Waals surface area contributed by atoms with Gasteiger partial charge in [0.05, 0.1) is 0 Å². The van der Waals surface area contributed by atoms with Gasteiger partial charge in [-0.3, -0.25) is 0 Å². The smallest absolute Gasteiger partial charge is 0.133 e. The topological polar surface area (TPSA) is 46.2 Å². The third-order valence-electron chi connectivity index (χ3n) is 2.29. The summed E-state index contributed by atoms with van der Waals surface area (Å²) in [6.07, 6.45) is -2.48. The first-order valence-electron chi connectivity index (χ1n) is 3.79. The highest BCUT2D eigenvalue weighted by molar-refractivity contribution is 4.93. The van der Waals surface area contributed by atoms with Crippen LogP contribution in [-0.4, -0.2) is 29.6 Å². The Bertz CT molecular complexity index is 144. The van der Waals surface area contributed by atoms with Crippen molar-refractivity contribution < 1.29 is 13.9 Å². The van der Waals surface area contributed by atoms with Gasteiger partial charge in [-0.05, 0) is 12.8 Å². The van der Waals surface area contributed by atoms with Crippen LogP contribution in [-0.2, 0) is 0 Å². The Kier molecular flexibility index (Phi) is 2.44. The minimum atomic E-state index is -1.50. The van der Waals surface area contributed by atoms with Crippen LogP contribution in [0.2, 0.25) is 0 Å². The zero-order valence-electron chi connectivity index (χ0n) is 6.26. The molecule has 1 fully saturated rings. The standard InChI is InChI=1S/C7H13F2NO/c8-5-1-2-7(11,4-10)6(9)3-5/h5-6,11H,1-4,10H2. The van der Waals surface area contributed by atoms with E-state index in [2.05, 4.69) is 0 Å². The Morgan fingerprint density at radius 2 is 2.18 bits per heavy atom. The first-order chi connectivity index (χ1) is 5.08. The van der Waals surface area contributed by atoms with E-state index in [4.69, 9.17) is 5.73 Å². The van der Waals surface area contributed by atoms with Crippen LogP contribution in [0.25, 0.3) is 0 Å². The van der Waals surface area contributed by atoms with Crippen molar-refractivity contribution in [2.45, 2.75) is 37.2 Å². The van der Waals surface area contributed by atoms with Crippen molar-refractivity contribution >= 4 is 0 Å². The van der Waals surface area contributed by atoms with E-state index in [0.29, 0.717) is 0 Å². The van der Waals surface area contributed by atoms with E-state index in [9.17, 15) is 13.9 Å². The van der Waals surface area contributed by atoms with Crippen LogP contribution in [0.4, 0.5) is 8.78 Å². The van der Waals surface area contributed by atoms with E-state index in [1.54, 1.807) is 0 Å². The lowest BCUT2D eigenvalue weighted by Crippen LogP contribution is -2.50. The van der Waals surface area contributed by atoms with Crippen LogP contribution < -0.4 is 5.73 Å². The highest BCUT2D eigenvalue weighted by atomic mass is 19.1. The first kappa shape index (κ1) is 8.87. The summed E-state index contributed by atoms with van der Waals surface area (Å²) in [5, 5.41) is 9.40. The van der Waals surface area contributed by atoms with Gasteiger partial charge in [-0.25, -0.2) is 8.78 Å². The predicted octanol–water partition coefficient (Wildman–Crippen LogP) is 0.536. The maximum Gasteiger partial charge on any atom is 0.133 e. The molecular formula is C7H13F2NO. The molecule has 0 aromatic heterocycles. The lowest BCUT2D eigenvalue weighted by atomic mass is 9.82. The summed E-state index contributed by atoms with van der Waals surface area (Å²) in [4.78, 5) is 0. The molecule has 0 saturated heterocycles. The van der Waals surface area contributed by atoms with Crippen LogP contribution in [0.3, 0.4) is 0 Å². The maximum absolute atomic E-state index is 12.9. The number of nitrogens with two attached hydrogens (primary N) is 1. The Balaban J connectivity index is 2.56. The monoisotopic (exact) mass is 165 g/mol. The molecule has 0 heterocycles. The number of alkyl halides is 2. The molecule has 4 heteroatoms. The molecule has 0 aliphatic heterocycles. The molecule has 66 valence electrons. The van der Waals surface area contributed by atoms with Crippen LogP contribution in [0, 0.1) is 0 Å². The number of hydrogen-bond donors (Lipinski definition) is 2. The van der Waals surface area contributed by atoms with Gasteiger partial charge in [0.15, 0.2) is 0 Å². The summed E-state index contributed by atoms with van der Waals surface area (Å²) in [6, 6.07) is 0. The summed E-state index contributed by atoms with van der Waals surface area (Å²) in [6.45, 7) is -0.124. The number of halogens is 2. The second-order valence-corrected chi connectivity index (χ2v) is 3.15. The van der Waals surface area contributed by atoms with Crippen molar-refractivity contribution in [2.75, 3.05) is 6.54 Å². The summed E-state index contributed by atoms with van der Waals surface area (Å²) in [5.41, 5.74) is 3.69. The van der Waals surface area contributed by atoms with Crippen LogP contribution in [0.1, 0.15) is 19.3 Å². The lowest BCUT2D eigenvalue weighted by Gasteiger charge is -2.35. The minimum absolute atomic E-state index is 0.124. The number of hydrogen-bond acceptors (Lipinski definition) is 2. The second kappa shape index (κ2) is 3.03. The lowest BCUT2D eigenvalue weighted by molar-refractivity contribution is -0.0720. The molecule has 1 saturated carbocycles. The average Bonchev–Trinajstić information content (AvgIpc) is 1.98. The molecule has 3 atom stereocenters. The van der Waals surface area contributed by atoms with E-state index in [1.807, 2.05) is 0 Å². The molecule has 0 radical (unpaired) electrons. The van der Waals surface area contributed by atoms with E-state index in [-0.39, 0.29) is 25.8 Å². The fraction of sp³-hybridized carbons (Fsp3) is 1.00. The Morgan fingerprint density at radius 1 is 1.55 bits per heavy atom. The molecule has 3 unspecified atom stereocenters. The van der Waals surface area contributed by atoms with E-state index in [0.717, 1.165) is 0 Å². The zero-order chi connectivity index (χ0) is 8.48. The zero-order valence-corrected chi connectivity index (χ0v) is 6.26. The molecule has 1 aliphatic carbocycles. The third-order valence-corrected chi connectivity index (χ3v) is 2.29. The second-order valence-electron chi connectivity index (χ2n) is 3.15. The Hall–Kier alpha value is -0.220. The van der Waals surface area contributed by atoms with Crippen LogP contribution in [0.5, 0.6) is 0 Å². The van der Waals surface area contributed by atoms with Gasteiger partial charge in [0.2, 0.25) is 0 Å². The van der Waals surface area contributed by atoms with Crippen molar-refractivity contribution in [1.29, 1.82) is 0 Å². The van der Waals surface area contributed by atoms with Gasteiger partial charge in [0.25, 0.3) is 0 Å². The molecule has 1 aliphatic rings. The van der Waals surface area contributed by atoms with Crippen molar-refractivity contribution in [3.8, 4) is 0 Å². The molecule has 0 bridgehead atoms.